The number of anilines is 4. The van der Waals surface area contributed by atoms with Gasteiger partial charge in [-0.15, -0.1) is 0 Å². The molecule has 0 fully saturated rings. The van der Waals surface area contributed by atoms with Crippen molar-refractivity contribution in [2.24, 2.45) is 0 Å². The topological polar surface area (TPSA) is 70.2 Å². The first-order valence-electron chi connectivity index (χ1n) is 8.69. The van der Waals surface area contributed by atoms with E-state index in [2.05, 4.69) is 20.6 Å². The average Bonchev–Trinajstić information content (AvgIpc) is 2.63. The lowest BCUT2D eigenvalue weighted by atomic mass is 10.2. The molecule has 1 aromatic heterocycles. The minimum Gasteiger partial charge on any atom is -0.378 e. The summed E-state index contributed by atoms with van der Waals surface area (Å²) in [6.45, 7) is 3.84. The summed E-state index contributed by atoms with van der Waals surface area (Å²) in [4.78, 5) is 23.3. The Balaban J connectivity index is 1.77. The van der Waals surface area contributed by atoms with Gasteiger partial charge in [-0.3, -0.25) is 4.79 Å². The van der Waals surface area contributed by atoms with E-state index in [4.69, 9.17) is 0 Å². The Kier molecular flexibility index (Phi) is 5.35. The molecule has 0 unspecified atom stereocenters. The molecule has 3 rings (SSSR count). The predicted molar refractivity (Wildman–Crippen MR) is 110 cm³/mol. The number of nitrogens with one attached hydrogen (secondary N) is 2. The molecule has 138 valence electrons. The van der Waals surface area contributed by atoms with Crippen LogP contribution in [0, 0.1) is 13.8 Å². The summed E-state index contributed by atoms with van der Waals surface area (Å²) >= 11 is 0. The Labute approximate surface area is 159 Å². The molecule has 6 nitrogen and oxygen atoms in total. The fourth-order valence-corrected chi connectivity index (χ4v) is 2.54. The number of amides is 1. The van der Waals surface area contributed by atoms with Crippen molar-refractivity contribution < 1.29 is 4.79 Å². The van der Waals surface area contributed by atoms with Crippen LogP contribution in [0.2, 0.25) is 0 Å². The van der Waals surface area contributed by atoms with Crippen LogP contribution in [0.15, 0.2) is 54.6 Å². The van der Waals surface area contributed by atoms with E-state index in [9.17, 15) is 4.79 Å². The van der Waals surface area contributed by atoms with E-state index in [1.165, 1.54) is 0 Å². The van der Waals surface area contributed by atoms with Crippen LogP contribution in [0.5, 0.6) is 0 Å². The van der Waals surface area contributed by atoms with Crippen LogP contribution in [-0.4, -0.2) is 30.0 Å². The second kappa shape index (κ2) is 7.86. The summed E-state index contributed by atoms with van der Waals surface area (Å²) < 4.78 is 0. The smallest absolute Gasteiger partial charge is 0.274 e. The maximum Gasteiger partial charge on any atom is 0.274 e. The van der Waals surface area contributed by atoms with Crippen molar-refractivity contribution >= 4 is 28.9 Å². The van der Waals surface area contributed by atoms with Gasteiger partial charge < -0.3 is 15.5 Å². The Bertz CT molecular complexity index is 934. The minimum atomic E-state index is -0.268. The van der Waals surface area contributed by atoms with Crippen molar-refractivity contribution in [2.45, 2.75) is 13.8 Å². The Morgan fingerprint density at radius 3 is 2.15 bits per heavy atom. The first-order valence-corrected chi connectivity index (χ1v) is 8.69. The number of hydrogen-bond acceptors (Lipinski definition) is 5. The third-order valence-electron chi connectivity index (χ3n) is 4.04. The highest BCUT2D eigenvalue weighted by Crippen LogP contribution is 2.19. The number of benzene rings is 2. The van der Waals surface area contributed by atoms with Crippen molar-refractivity contribution in [2.75, 3.05) is 29.6 Å². The molecule has 2 N–H and O–H groups in total. The first-order chi connectivity index (χ1) is 12.9. The van der Waals surface area contributed by atoms with Gasteiger partial charge >= 0.3 is 0 Å². The van der Waals surface area contributed by atoms with E-state index in [1.54, 1.807) is 6.07 Å². The van der Waals surface area contributed by atoms with Crippen LogP contribution in [0.4, 0.5) is 23.0 Å². The lowest BCUT2D eigenvalue weighted by molar-refractivity contribution is 0.102. The molecule has 6 heteroatoms. The SMILES string of the molecule is Cc1ccc(NC(=O)c2cc(C)nc(Nc3ccc(N(C)C)cc3)n2)cc1. The van der Waals surface area contributed by atoms with E-state index in [1.807, 2.05) is 81.4 Å². The molecule has 0 aliphatic rings. The molecule has 0 aliphatic carbocycles. The first kappa shape index (κ1) is 18.4. The van der Waals surface area contributed by atoms with Gasteiger partial charge in [0.15, 0.2) is 0 Å². The second-order valence-electron chi connectivity index (χ2n) is 6.60. The van der Waals surface area contributed by atoms with Gasteiger partial charge in [-0.1, -0.05) is 17.7 Å². The van der Waals surface area contributed by atoms with Gasteiger partial charge in [-0.25, -0.2) is 9.97 Å². The molecule has 2 aromatic carbocycles. The van der Waals surface area contributed by atoms with Crippen molar-refractivity contribution in [1.29, 1.82) is 0 Å². The number of rotatable bonds is 5. The molecule has 0 bridgehead atoms. The number of hydrogen-bond donors (Lipinski definition) is 2. The van der Waals surface area contributed by atoms with Crippen LogP contribution < -0.4 is 15.5 Å². The monoisotopic (exact) mass is 361 g/mol. The van der Waals surface area contributed by atoms with Gasteiger partial charge in [-0.05, 0) is 56.3 Å². The average molecular weight is 361 g/mol. The lowest BCUT2D eigenvalue weighted by Gasteiger charge is -2.13. The van der Waals surface area contributed by atoms with Crippen molar-refractivity contribution in [3.63, 3.8) is 0 Å². The highest BCUT2D eigenvalue weighted by molar-refractivity contribution is 6.03. The van der Waals surface area contributed by atoms with Crippen molar-refractivity contribution in [3.8, 4) is 0 Å². The normalized spacial score (nSPS) is 10.4. The molecule has 0 saturated heterocycles. The molecule has 0 radical (unpaired) electrons. The molecular weight excluding hydrogens is 338 g/mol. The van der Waals surface area contributed by atoms with Crippen molar-refractivity contribution in [1.82, 2.24) is 9.97 Å². The number of carbonyl (C=O) groups is 1. The maximum atomic E-state index is 12.5. The van der Waals surface area contributed by atoms with Crippen LogP contribution in [-0.2, 0) is 0 Å². The summed E-state index contributed by atoms with van der Waals surface area (Å²) in [5.74, 6) is 0.122. The fourth-order valence-electron chi connectivity index (χ4n) is 2.54. The zero-order valence-corrected chi connectivity index (χ0v) is 15.9. The molecular formula is C21H23N5O. The van der Waals surface area contributed by atoms with Gasteiger partial charge in [0.05, 0.1) is 0 Å². The maximum absolute atomic E-state index is 12.5. The Hall–Kier alpha value is -3.41. The minimum absolute atomic E-state index is 0.268. The van der Waals surface area contributed by atoms with Gasteiger partial charge in [0.25, 0.3) is 5.91 Å². The van der Waals surface area contributed by atoms with Gasteiger partial charge in [0.2, 0.25) is 5.95 Å². The second-order valence-corrected chi connectivity index (χ2v) is 6.60. The van der Waals surface area contributed by atoms with Crippen LogP contribution in [0.1, 0.15) is 21.7 Å². The molecule has 0 aliphatic heterocycles. The van der Waals surface area contributed by atoms with Crippen LogP contribution in [0.3, 0.4) is 0 Å². The number of nitrogens with zero attached hydrogens (tertiary/aromatic N) is 3. The molecule has 3 aromatic rings. The van der Waals surface area contributed by atoms with Crippen LogP contribution >= 0.6 is 0 Å². The highest BCUT2D eigenvalue weighted by atomic mass is 16.1. The molecule has 0 atom stereocenters. The molecule has 0 spiro atoms. The van der Waals surface area contributed by atoms with E-state index in [0.717, 1.165) is 22.6 Å². The van der Waals surface area contributed by atoms with Crippen molar-refractivity contribution in [3.05, 3.63) is 71.5 Å². The number of aromatic nitrogens is 2. The van der Waals surface area contributed by atoms with E-state index in [-0.39, 0.29) is 5.91 Å². The van der Waals surface area contributed by atoms with E-state index >= 15 is 0 Å². The summed E-state index contributed by atoms with van der Waals surface area (Å²) in [5.41, 5.74) is 4.86. The zero-order chi connectivity index (χ0) is 19.4. The largest absolute Gasteiger partial charge is 0.378 e. The number of aryl methyl sites for hydroxylation is 2. The summed E-state index contributed by atoms with van der Waals surface area (Å²) in [5, 5.41) is 6.02. The number of carbonyl (C=O) groups excluding carboxylic acids is 1. The quantitative estimate of drug-likeness (QED) is 0.714. The standard InChI is InChI=1S/C21H23N5O/c1-14-5-7-16(8-6-14)23-20(27)19-13-15(2)22-21(25-19)24-17-9-11-18(12-10-17)26(3)4/h5-13H,1-4H3,(H,23,27)(H,22,24,25). The Morgan fingerprint density at radius 2 is 1.52 bits per heavy atom. The summed E-state index contributed by atoms with van der Waals surface area (Å²) in [6, 6.07) is 17.2. The van der Waals surface area contributed by atoms with E-state index in [0.29, 0.717) is 17.3 Å². The van der Waals surface area contributed by atoms with Gasteiger partial charge in [0.1, 0.15) is 5.69 Å². The summed E-state index contributed by atoms with van der Waals surface area (Å²) in [7, 11) is 3.98. The van der Waals surface area contributed by atoms with Crippen LogP contribution in [0.25, 0.3) is 0 Å². The highest BCUT2D eigenvalue weighted by Gasteiger charge is 2.11. The van der Waals surface area contributed by atoms with Gasteiger partial charge in [-0.2, -0.15) is 0 Å². The third-order valence-corrected chi connectivity index (χ3v) is 4.04. The molecule has 1 heterocycles. The molecule has 0 saturated carbocycles. The summed E-state index contributed by atoms with van der Waals surface area (Å²) in [6.07, 6.45) is 0. The predicted octanol–water partition coefficient (Wildman–Crippen LogP) is 4.16. The fraction of sp³-hybridized carbons (Fsp3) is 0.190. The third kappa shape index (κ3) is 4.82. The molecule has 1 amide bonds. The Morgan fingerprint density at radius 1 is 0.889 bits per heavy atom. The molecule has 27 heavy (non-hydrogen) atoms. The van der Waals surface area contributed by atoms with E-state index < -0.39 is 0 Å². The zero-order valence-electron chi connectivity index (χ0n) is 15.9. The van der Waals surface area contributed by atoms with Gasteiger partial charge in [0, 0.05) is 36.9 Å². The lowest BCUT2D eigenvalue weighted by Crippen LogP contribution is -2.15.